The first kappa shape index (κ1) is 10.9. The van der Waals surface area contributed by atoms with E-state index in [1.165, 1.54) is 18.9 Å². The Morgan fingerprint density at radius 3 is 2.94 bits per heavy atom. The molecule has 0 aliphatic heterocycles. The molecule has 2 fully saturated rings. The molecule has 0 heterocycles. The molecule has 17 heavy (non-hydrogen) atoms. The van der Waals surface area contributed by atoms with Crippen LogP contribution in [0, 0.1) is 11.7 Å². The van der Waals surface area contributed by atoms with Crippen LogP contribution in [0.5, 0.6) is 0 Å². The fourth-order valence-electron chi connectivity index (χ4n) is 2.31. The lowest BCUT2D eigenvalue weighted by Gasteiger charge is -2.04. The lowest BCUT2D eigenvalue weighted by Crippen LogP contribution is -2.20. The number of hydrogen-bond acceptors (Lipinski definition) is 2. The SMILES string of the molecule is O=Cc1cc([C@H]2CC2NCC2CC2)ccc1F. The highest BCUT2D eigenvalue weighted by molar-refractivity contribution is 5.75. The van der Waals surface area contributed by atoms with Gasteiger partial charge in [0.05, 0.1) is 5.56 Å². The third kappa shape index (κ3) is 2.39. The molecule has 2 saturated carbocycles. The van der Waals surface area contributed by atoms with Gasteiger partial charge in [-0.3, -0.25) is 4.79 Å². The average Bonchev–Trinajstić information content (AvgIpc) is 3.21. The van der Waals surface area contributed by atoms with Gasteiger partial charge in [0.15, 0.2) is 6.29 Å². The molecule has 3 heteroatoms. The van der Waals surface area contributed by atoms with Crippen molar-refractivity contribution >= 4 is 6.29 Å². The third-order valence-corrected chi connectivity index (χ3v) is 3.73. The van der Waals surface area contributed by atoms with Crippen molar-refractivity contribution < 1.29 is 9.18 Å². The van der Waals surface area contributed by atoms with Crippen LogP contribution in [0.15, 0.2) is 18.2 Å². The summed E-state index contributed by atoms with van der Waals surface area (Å²) in [6.45, 7) is 1.11. The zero-order valence-electron chi connectivity index (χ0n) is 9.66. The molecule has 1 unspecified atom stereocenters. The molecule has 0 amide bonds. The minimum Gasteiger partial charge on any atom is -0.313 e. The highest BCUT2D eigenvalue weighted by Gasteiger charge is 2.39. The van der Waals surface area contributed by atoms with E-state index in [0.29, 0.717) is 18.2 Å². The first-order valence-corrected chi connectivity index (χ1v) is 6.26. The van der Waals surface area contributed by atoms with Crippen molar-refractivity contribution in [3.05, 3.63) is 35.1 Å². The average molecular weight is 233 g/mol. The zero-order valence-corrected chi connectivity index (χ0v) is 9.66. The summed E-state index contributed by atoms with van der Waals surface area (Å²) in [5.41, 5.74) is 1.26. The first-order chi connectivity index (χ1) is 8.28. The molecule has 2 aliphatic carbocycles. The van der Waals surface area contributed by atoms with Crippen LogP contribution in [-0.2, 0) is 0 Å². The van der Waals surface area contributed by atoms with Gasteiger partial charge in [0.25, 0.3) is 0 Å². The first-order valence-electron chi connectivity index (χ1n) is 6.26. The number of hydrogen-bond donors (Lipinski definition) is 1. The Hall–Kier alpha value is -1.22. The van der Waals surface area contributed by atoms with Crippen molar-refractivity contribution in [2.45, 2.75) is 31.2 Å². The van der Waals surface area contributed by atoms with Crippen LogP contribution in [-0.4, -0.2) is 18.9 Å². The number of benzene rings is 1. The minimum atomic E-state index is -0.424. The second kappa shape index (κ2) is 4.22. The summed E-state index contributed by atoms with van der Waals surface area (Å²) >= 11 is 0. The smallest absolute Gasteiger partial charge is 0.153 e. The van der Waals surface area contributed by atoms with Gasteiger partial charge in [-0.15, -0.1) is 0 Å². The summed E-state index contributed by atoms with van der Waals surface area (Å²) in [4.78, 5) is 10.7. The summed E-state index contributed by atoms with van der Waals surface area (Å²) < 4.78 is 13.2. The molecule has 2 nitrogen and oxygen atoms in total. The van der Waals surface area contributed by atoms with Crippen molar-refractivity contribution in [3.8, 4) is 0 Å². The van der Waals surface area contributed by atoms with Gasteiger partial charge in [-0.05, 0) is 49.4 Å². The third-order valence-electron chi connectivity index (χ3n) is 3.73. The van der Waals surface area contributed by atoms with Gasteiger partial charge in [0.1, 0.15) is 5.82 Å². The van der Waals surface area contributed by atoms with Crippen molar-refractivity contribution in [2.24, 2.45) is 5.92 Å². The Morgan fingerprint density at radius 2 is 2.24 bits per heavy atom. The molecule has 2 aliphatic rings. The van der Waals surface area contributed by atoms with E-state index in [1.54, 1.807) is 12.1 Å². The second-order valence-electron chi connectivity index (χ2n) is 5.20. The van der Waals surface area contributed by atoms with Crippen LogP contribution in [0.2, 0.25) is 0 Å². The van der Waals surface area contributed by atoms with E-state index in [2.05, 4.69) is 5.32 Å². The molecule has 2 atom stereocenters. The van der Waals surface area contributed by atoms with Crippen LogP contribution in [0.4, 0.5) is 4.39 Å². The van der Waals surface area contributed by atoms with Gasteiger partial charge in [-0.1, -0.05) is 6.07 Å². The van der Waals surface area contributed by atoms with Gasteiger partial charge in [-0.2, -0.15) is 0 Å². The summed E-state index contributed by atoms with van der Waals surface area (Å²) in [5.74, 6) is 0.926. The Labute approximate surface area is 100 Å². The number of rotatable bonds is 5. The monoisotopic (exact) mass is 233 g/mol. The molecule has 1 N–H and O–H groups in total. The Kier molecular flexibility index (Phi) is 2.71. The van der Waals surface area contributed by atoms with E-state index >= 15 is 0 Å². The van der Waals surface area contributed by atoms with E-state index in [4.69, 9.17) is 0 Å². The summed E-state index contributed by atoms with van der Waals surface area (Å²) in [5, 5.41) is 3.54. The van der Waals surface area contributed by atoms with E-state index in [-0.39, 0.29) is 5.56 Å². The Bertz CT molecular complexity index is 442. The van der Waals surface area contributed by atoms with Crippen LogP contribution < -0.4 is 5.32 Å². The topological polar surface area (TPSA) is 29.1 Å². The Balaban J connectivity index is 1.62. The van der Waals surface area contributed by atoms with E-state index < -0.39 is 5.82 Å². The molecule has 0 saturated heterocycles. The molecule has 0 spiro atoms. The number of carbonyl (C=O) groups is 1. The van der Waals surface area contributed by atoms with Crippen LogP contribution in [0.25, 0.3) is 0 Å². The maximum Gasteiger partial charge on any atom is 0.153 e. The molecule has 0 aromatic heterocycles. The maximum absolute atomic E-state index is 13.2. The lowest BCUT2D eigenvalue weighted by atomic mass is 10.1. The van der Waals surface area contributed by atoms with Gasteiger partial charge in [0, 0.05) is 12.0 Å². The van der Waals surface area contributed by atoms with Gasteiger partial charge < -0.3 is 5.32 Å². The normalized spacial score (nSPS) is 26.9. The van der Waals surface area contributed by atoms with Crippen molar-refractivity contribution in [2.75, 3.05) is 6.54 Å². The summed E-state index contributed by atoms with van der Waals surface area (Å²) in [6, 6.07) is 5.41. The van der Waals surface area contributed by atoms with Crippen LogP contribution in [0.3, 0.4) is 0 Å². The van der Waals surface area contributed by atoms with Crippen molar-refractivity contribution in [1.29, 1.82) is 0 Å². The number of carbonyl (C=O) groups excluding carboxylic acids is 1. The minimum absolute atomic E-state index is 0.176. The van der Waals surface area contributed by atoms with Crippen molar-refractivity contribution in [1.82, 2.24) is 5.32 Å². The molecular weight excluding hydrogens is 217 g/mol. The van der Waals surface area contributed by atoms with Gasteiger partial charge in [-0.25, -0.2) is 4.39 Å². The number of halogens is 1. The predicted octanol–water partition coefficient (Wildman–Crippen LogP) is 2.49. The summed E-state index contributed by atoms with van der Waals surface area (Å²) in [7, 11) is 0. The maximum atomic E-state index is 13.2. The molecule has 1 aromatic rings. The molecule has 90 valence electrons. The van der Waals surface area contributed by atoms with E-state index in [9.17, 15) is 9.18 Å². The van der Waals surface area contributed by atoms with Crippen molar-refractivity contribution in [3.63, 3.8) is 0 Å². The zero-order chi connectivity index (χ0) is 11.8. The fraction of sp³-hybridized carbons (Fsp3) is 0.500. The van der Waals surface area contributed by atoms with Crippen LogP contribution in [0.1, 0.15) is 41.1 Å². The van der Waals surface area contributed by atoms with Gasteiger partial charge >= 0.3 is 0 Å². The highest BCUT2D eigenvalue weighted by atomic mass is 19.1. The molecule has 3 rings (SSSR count). The molecular formula is C14H16FNO. The summed E-state index contributed by atoms with van der Waals surface area (Å²) in [6.07, 6.45) is 4.41. The van der Waals surface area contributed by atoms with E-state index in [1.807, 2.05) is 0 Å². The standard InChI is InChI=1S/C14H16FNO/c15-13-4-3-10(5-11(13)8-17)12-6-14(12)16-7-9-1-2-9/h3-5,8-9,12,14,16H,1-2,6-7H2/t12-,14?/m1/s1. The van der Waals surface area contributed by atoms with Crippen LogP contribution >= 0.6 is 0 Å². The van der Waals surface area contributed by atoms with E-state index in [0.717, 1.165) is 24.4 Å². The molecule has 1 aromatic carbocycles. The number of aldehydes is 1. The second-order valence-corrected chi connectivity index (χ2v) is 5.20. The molecule has 0 bridgehead atoms. The fourth-order valence-corrected chi connectivity index (χ4v) is 2.31. The lowest BCUT2D eigenvalue weighted by molar-refractivity contribution is 0.111. The largest absolute Gasteiger partial charge is 0.313 e. The van der Waals surface area contributed by atoms with Gasteiger partial charge in [0.2, 0.25) is 0 Å². The predicted molar refractivity (Wildman–Crippen MR) is 63.7 cm³/mol. The number of nitrogens with one attached hydrogen (secondary N) is 1. The quantitative estimate of drug-likeness (QED) is 0.792. The highest BCUT2D eigenvalue weighted by Crippen LogP contribution is 2.41. The Morgan fingerprint density at radius 1 is 1.41 bits per heavy atom. The molecule has 0 radical (unpaired) electrons.